The first-order valence-corrected chi connectivity index (χ1v) is 11.3. The summed E-state index contributed by atoms with van der Waals surface area (Å²) in [7, 11) is 0. The maximum Gasteiger partial charge on any atom is 0.243 e. The Labute approximate surface area is 183 Å². The lowest BCUT2D eigenvalue weighted by Gasteiger charge is -2.45. The van der Waals surface area contributed by atoms with Crippen molar-refractivity contribution in [3.8, 4) is 0 Å². The predicted molar refractivity (Wildman–Crippen MR) is 116 cm³/mol. The van der Waals surface area contributed by atoms with Crippen LogP contribution in [0.5, 0.6) is 0 Å². The van der Waals surface area contributed by atoms with Gasteiger partial charge < -0.3 is 20.6 Å². The van der Waals surface area contributed by atoms with Crippen LogP contribution in [0, 0.1) is 12.7 Å². The van der Waals surface area contributed by atoms with Crippen LogP contribution in [0.4, 0.5) is 10.1 Å². The molecule has 8 heteroatoms. The molecule has 31 heavy (non-hydrogen) atoms. The first kappa shape index (κ1) is 22.0. The molecular weight excluding hydrogens is 399 g/mol. The molecule has 1 aromatic carbocycles. The average Bonchev–Trinajstić information content (AvgIpc) is 3.23. The average molecular weight is 433 g/mol. The highest BCUT2D eigenvalue weighted by molar-refractivity contribution is 5.88. The normalized spacial score (nSPS) is 28.7. The number of carbonyl (C=O) groups is 2. The molecule has 7 nitrogen and oxygen atoms in total. The second kappa shape index (κ2) is 9.12. The number of aliphatic hydroxyl groups excluding tert-OH is 1. The van der Waals surface area contributed by atoms with Crippen molar-refractivity contribution in [2.24, 2.45) is 0 Å². The molecule has 0 aromatic heterocycles. The zero-order chi connectivity index (χ0) is 22.1. The van der Waals surface area contributed by atoms with Crippen LogP contribution in [0.1, 0.15) is 43.7 Å². The van der Waals surface area contributed by atoms with E-state index in [2.05, 4.69) is 15.5 Å². The Bertz CT molecular complexity index is 817. The quantitative estimate of drug-likeness (QED) is 0.670. The third-order valence-corrected chi connectivity index (χ3v) is 7.15. The molecule has 3 aliphatic rings. The highest BCUT2D eigenvalue weighted by Crippen LogP contribution is 2.32. The molecule has 4 rings (SSSR count). The summed E-state index contributed by atoms with van der Waals surface area (Å²) in [6.45, 7) is 5.52. The zero-order valence-electron chi connectivity index (χ0n) is 18.4. The number of anilines is 1. The fourth-order valence-corrected chi connectivity index (χ4v) is 5.44. The van der Waals surface area contributed by atoms with Crippen molar-refractivity contribution in [2.75, 3.05) is 31.6 Å². The highest BCUT2D eigenvalue weighted by Gasteiger charge is 2.36. The largest absolute Gasteiger partial charge is 0.394 e. The van der Waals surface area contributed by atoms with Crippen molar-refractivity contribution in [3.05, 3.63) is 29.1 Å². The zero-order valence-corrected chi connectivity index (χ0v) is 18.4. The number of piperazine rings is 1. The third kappa shape index (κ3) is 4.55. The lowest BCUT2D eigenvalue weighted by molar-refractivity contribution is -0.136. The number of hydrogen-bond acceptors (Lipinski definition) is 5. The molecule has 3 N–H and O–H groups in total. The van der Waals surface area contributed by atoms with E-state index in [-0.39, 0.29) is 36.3 Å². The summed E-state index contributed by atoms with van der Waals surface area (Å²) in [5, 5.41) is 16.1. The number of halogens is 1. The van der Waals surface area contributed by atoms with Gasteiger partial charge in [-0.25, -0.2) is 4.39 Å². The van der Waals surface area contributed by atoms with Gasteiger partial charge in [0.15, 0.2) is 0 Å². The van der Waals surface area contributed by atoms with E-state index >= 15 is 0 Å². The van der Waals surface area contributed by atoms with Gasteiger partial charge in [0.05, 0.1) is 12.6 Å². The van der Waals surface area contributed by atoms with Gasteiger partial charge in [-0.2, -0.15) is 0 Å². The Morgan fingerprint density at radius 2 is 2.10 bits per heavy atom. The van der Waals surface area contributed by atoms with Crippen LogP contribution in [-0.2, 0) is 16.0 Å². The minimum Gasteiger partial charge on any atom is -0.394 e. The molecule has 2 heterocycles. The highest BCUT2D eigenvalue weighted by atomic mass is 19.1. The van der Waals surface area contributed by atoms with E-state index in [1.165, 1.54) is 6.07 Å². The van der Waals surface area contributed by atoms with Gasteiger partial charge in [0.1, 0.15) is 11.9 Å². The van der Waals surface area contributed by atoms with E-state index in [0.717, 1.165) is 43.5 Å². The van der Waals surface area contributed by atoms with Crippen LogP contribution < -0.4 is 10.6 Å². The number of fused-ring (bicyclic) bond motifs is 1. The van der Waals surface area contributed by atoms with E-state index in [4.69, 9.17) is 0 Å². The van der Waals surface area contributed by atoms with Crippen molar-refractivity contribution in [2.45, 2.75) is 70.1 Å². The van der Waals surface area contributed by atoms with E-state index in [9.17, 15) is 19.1 Å². The van der Waals surface area contributed by atoms with Crippen LogP contribution in [0.2, 0.25) is 0 Å². The number of rotatable bonds is 4. The van der Waals surface area contributed by atoms with Crippen molar-refractivity contribution >= 4 is 17.5 Å². The summed E-state index contributed by atoms with van der Waals surface area (Å²) in [5.74, 6) is -0.330. The molecule has 0 radical (unpaired) electrons. The van der Waals surface area contributed by atoms with Gasteiger partial charge in [0, 0.05) is 56.3 Å². The lowest BCUT2D eigenvalue weighted by atomic mass is 9.89. The van der Waals surface area contributed by atoms with Crippen LogP contribution in [-0.4, -0.2) is 77.1 Å². The van der Waals surface area contributed by atoms with Gasteiger partial charge in [0.2, 0.25) is 11.8 Å². The molecule has 4 atom stereocenters. The molecule has 0 bridgehead atoms. The first-order valence-electron chi connectivity index (χ1n) is 11.3. The molecule has 2 fully saturated rings. The van der Waals surface area contributed by atoms with Gasteiger partial charge in [-0.3, -0.25) is 14.5 Å². The second-order valence-corrected chi connectivity index (χ2v) is 9.19. The van der Waals surface area contributed by atoms with Gasteiger partial charge in [-0.15, -0.1) is 0 Å². The minimum absolute atomic E-state index is 0.00391. The second-order valence-electron chi connectivity index (χ2n) is 9.19. The van der Waals surface area contributed by atoms with Gasteiger partial charge >= 0.3 is 0 Å². The number of aliphatic hydroxyl groups is 1. The number of hydrogen-bond donors (Lipinski definition) is 3. The summed E-state index contributed by atoms with van der Waals surface area (Å²) in [6.07, 6.45) is 4.25. The number of amides is 2. The number of benzene rings is 1. The fourth-order valence-electron chi connectivity index (χ4n) is 5.44. The van der Waals surface area contributed by atoms with E-state index < -0.39 is 6.04 Å². The van der Waals surface area contributed by atoms with Crippen molar-refractivity contribution in [1.82, 2.24) is 15.1 Å². The van der Waals surface area contributed by atoms with Gasteiger partial charge in [-0.1, -0.05) is 6.07 Å². The van der Waals surface area contributed by atoms with E-state index in [1.807, 2.05) is 6.92 Å². The van der Waals surface area contributed by atoms with Gasteiger partial charge in [-0.05, 0) is 44.2 Å². The summed E-state index contributed by atoms with van der Waals surface area (Å²) in [6, 6.07) is 3.01. The predicted octanol–water partition coefficient (Wildman–Crippen LogP) is 1.42. The molecular formula is C23H33FN4O3. The Hall–Kier alpha value is -2.19. The van der Waals surface area contributed by atoms with E-state index in [1.54, 1.807) is 17.9 Å². The Kier molecular flexibility index (Phi) is 6.48. The molecule has 1 saturated heterocycles. The van der Waals surface area contributed by atoms with E-state index in [0.29, 0.717) is 31.1 Å². The lowest BCUT2D eigenvalue weighted by Crippen LogP contribution is -2.59. The number of carbonyl (C=O) groups excluding carboxylic acids is 2. The summed E-state index contributed by atoms with van der Waals surface area (Å²) in [4.78, 5) is 28.8. The molecule has 1 aromatic rings. The van der Waals surface area contributed by atoms with Crippen molar-refractivity contribution in [3.63, 3.8) is 0 Å². The standard InChI is InChI=1S/C23H33FN4O3/c1-14-6-7-20(24)19-11-21(26-22(14)19)23(31)25-16-4-3-5-17(10-16)27-8-9-28(15(2)30)18(12-27)13-29/h6-7,16-18,21,26,29H,3-5,8-13H2,1-2H3,(H,25,31)/t16-,17?,18-,21?/m1/s1. The smallest absolute Gasteiger partial charge is 0.243 e. The molecule has 170 valence electrons. The molecule has 2 amide bonds. The summed E-state index contributed by atoms with van der Waals surface area (Å²) in [5.41, 5.74) is 2.30. The van der Waals surface area contributed by atoms with Crippen LogP contribution in [0.25, 0.3) is 0 Å². The third-order valence-electron chi connectivity index (χ3n) is 7.15. The molecule has 0 spiro atoms. The Balaban J connectivity index is 1.33. The summed E-state index contributed by atoms with van der Waals surface area (Å²) >= 11 is 0. The maximum absolute atomic E-state index is 14.1. The van der Waals surface area contributed by atoms with Crippen LogP contribution in [0.15, 0.2) is 12.1 Å². The molecule has 2 unspecified atom stereocenters. The topological polar surface area (TPSA) is 84.9 Å². The first-order chi connectivity index (χ1) is 14.9. The maximum atomic E-state index is 14.1. The fraction of sp³-hybridized carbons (Fsp3) is 0.652. The van der Waals surface area contributed by atoms with Crippen LogP contribution in [0.3, 0.4) is 0 Å². The Morgan fingerprint density at radius 1 is 1.29 bits per heavy atom. The molecule has 1 aliphatic carbocycles. The number of nitrogens with zero attached hydrogens (tertiary/aromatic N) is 2. The molecule has 1 saturated carbocycles. The SMILES string of the molecule is CC(=O)N1CCN(C2CCC[C@@H](NC(=O)C3Cc4c(F)ccc(C)c4N3)C2)C[C@@H]1CO. The summed E-state index contributed by atoms with van der Waals surface area (Å²) < 4.78 is 14.1. The van der Waals surface area contributed by atoms with Crippen molar-refractivity contribution < 1.29 is 19.1 Å². The van der Waals surface area contributed by atoms with Crippen LogP contribution >= 0.6 is 0 Å². The number of aryl methyl sites for hydroxylation is 1. The number of nitrogens with one attached hydrogen (secondary N) is 2. The minimum atomic E-state index is -0.441. The Morgan fingerprint density at radius 3 is 2.81 bits per heavy atom. The molecule has 2 aliphatic heterocycles. The monoisotopic (exact) mass is 432 g/mol. The van der Waals surface area contributed by atoms with Crippen molar-refractivity contribution in [1.29, 1.82) is 0 Å². The van der Waals surface area contributed by atoms with Gasteiger partial charge in [0.25, 0.3) is 0 Å².